The Balaban J connectivity index is 1.91. The minimum Gasteiger partial charge on any atom is -0.493 e. The quantitative estimate of drug-likeness (QED) is 0.396. The number of aromatic amines is 2. The van der Waals surface area contributed by atoms with Crippen LogP contribution in [0.1, 0.15) is 16.8 Å². The Morgan fingerprint density at radius 3 is 2.60 bits per heavy atom. The maximum Gasteiger partial charge on any atom is 0.357 e. The summed E-state index contributed by atoms with van der Waals surface area (Å²) in [5.41, 5.74) is -1.39. The van der Waals surface area contributed by atoms with Crippen LogP contribution in [0.25, 0.3) is 12.2 Å². The number of pyridine rings is 1. The van der Waals surface area contributed by atoms with Crippen LogP contribution in [-0.4, -0.2) is 27.0 Å². The number of nitrogens with zero attached hydrogens (tertiary/aromatic N) is 2. The van der Waals surface area contributed by atoms with E-state index < -0.39 is 21.9 Å². The van der Waals surface area contributed by atoms with Gasteiger partial charge in [-0.15, -0.1) is 0 Å². The lowest BCUT2D eigenvalue weighted by molar-refractivity contribution is -0.386. The van der Waals surface area contributed by atoms with Crippen molar-refractivity contribution in [3.05, 3.63) is 88.9 Å². The molecular weight excluding hydrogens is 460 g/mol. The average Bonchev–Trinajstić information content (AvgIpc) is 2.71. The second kappa shape index (κ2) is 9.18. The highest BCUT2D eigenvalue weighted by molar-refractivity contribution is 9.10. The fourth-order valence-corrected chi connectivity index (χ4v) is 3.16. The van der Waals surface area contributed by atoms with Crippen molar-refractivity contribution in [1.82, 2.24) is 15.0 Å². The summed E-state index contributed by atoms with van der Waals surface area (Å²) in [6.07, 6.45) is 6.10. The van der Waals surface area contributed by atoms with Crippen LogP contribution in [0.5, 0.6) is 11.5 Å². The minimum atomic E-state index is -1.08. The number of H-pyrrole nitrogens is 2. The van der Waals surface area contributed by atoms with Crippen molar-refractivity contribution < 1.29 is 14.4 Å². The molecule has 30 heavy (non-hydrogen) atoms. The van der Waals surface area contributed by atoms with Crippen LogP contribution in [0, 0.1) is 10.1 Å². The molecule has 0 spiro atoms. The highest BCUT2D eigenvalue weighted by atomic mass is 79.9. The molecule has 1 aromatic carbocycles. The number of halogens is 1. The topological polar surface area (TPSA) is 140 Å². The number of nitrogens with one attached hydrogen (secondary N) is 2. The summed E-state index contributed by atoms with van der Waals surface area (Å²) in [5, 5.41) is 11.1. The van der Waals surface area contributed by atoms with Crippen LogP contribution in [-0.2, 0) is 6.61 Å². The third-order valence-electron chi connectivity index (χ3n) is 3.95. The molecule has 0 aliphatic rings. The summed E-state index contributed by atoms with van der Waals surface area (Å²) in [5.74, 6) is 0.897. The van der Waals surface area contributed by atoms with Crippen molar-refractivity contribution in [3.63, 3.8) is 0 Å². The zero-order valence-corrected chi connectivity index (χ0v) is 17.1. The molecule has 0 aliphatic carbocycles. The standard InChI is InChI=1S/C19H15BrN4O6/c1-29-15-9-12(2-3-14-16(24(27)28)18(25)23-19(26)22-14)8-13(20)17(15)30-10-11-4-6-21-7-5-11/h2-9H,10H2,1H3,(H2,22,23,25,26)/b3-2+. The number of hydrogen-bond acceptors (Lipinski definition) is 7. The Bertz CT molecular complexity index is 1220. The molecule has 10 nitrogen and oxygen atoms in total. The van der Waals surface area contributed by atoms with Crippen LogP contribution in [0.2, 0.25) is 0 Å². The molecule has 0 radical (unpaired) electrons. The van der Waals surface area contributed by atoms with Crippen LogP contribution in [0.4, 0.5) is 5.69 Å². The first-order valence-corrected chi connectivity index (χ1v) is 9.26. The van der Waals surface area contributed by atoms with E-state index in [2.05, 4.69) is 25.9 Å². The Labute approximate surface area is 177 Å². The van der Waals surface area contributed by atoms with E-state index in [1.165, 1.54) is 19.3 Å². The van der Waals surface area contributed by atoms with Gasteiger partial charge in [-0.1, -0.05) is 6.08 Å². The normalized spacial score (nSPS) is 10.9. The van der Waals surface area contributed by atoms with Gasteiger partial charge in [-0.05, 0) is 57.4 Å². The molecule has 2 heterocycles. The molecule has 3 aromatic rings. The highest BCUT2D eigenvalue weighted by Crippen LogP contribution is 2.37. The number of nitro groups is 1. The van der Waals surface area contributed by atoms with Gasteiger partial charge in [0.1, 0.15) is 12.3 Å². The molecule has 3 rings (SSSR count). The molecule has 11 heteroatoms. The van der Waals surface area contributed by atoms with Crippen LogP contribution in [0.15, 0.2) is 50.7 Å². The molecule has 2 aromatic heterocycles. The van der Waals surface area contributed by atoms with Gasteiger partial charge in [0.05, 0.1) is 16.5 Å². The molecule has 0 unspecified atom stereocenters. The molecule has 0 saturated carbocycles. The molecule has 2 N–H and O–H groups in total. The summed E-state index contributed by atoms with van der Waals surface area (Å²) in [4.78, 5) is 41.5. The molecule has 0 aliphatic heterocycles. The Kier molecular flexibility index (Phi) is 6.42. The van der Waals surface area contributed by atoms with E-state index in [-0.39, 0.29) is 5.69 Å². The van der Waals surface area contributed by atoms with Gasteiger partial charge in [-0.3, -0.25) is 24.9 Å². The number of hydrogen-bond donors (Lipinski definition) is 2. The van der Waals surface area contributed by atoms with E-state index in [9.17, 15) is 19.7 Å². The number of benzene rings is 1. The zero-order valence-electron chi connectivity index (χ0n) is 15.5. The van der Waals surface area contributed by atoms with Crippen molar-refractivity contribution in [3.8, 4) is 11.5 Å². The third kappa shape index (κ3) is 4.81. The van der Waals surface area contributed by atoms with E-state index in [1.54, 1.807) is 24.5 Å². The number of rotatable bonds is 7. The summed E-state index contributed by atoms with van der Waals surface area (Å²) < 4.78 is 11.8. The second-order valence-corrected chi connectivity index (χ2v) is 6.79. The predicted octanol–water partition coefficient (Wildman–Crippen LogP) is 2.89. The van der Waals surface area contributed by atoms with Crippen LogP contribution < -0.4 is 20.7 Å². The summed E-state index contributed by atoms with van der Waals surface area (Å²) in [6.45, 7) is 0.299. The fraction of sp³-hybridized carbons (Fsp3) is 0.105. The van der Waals surface area contributed by atoms with E-state index in [0.29, 0.717) is 28.1 Å². The number of methoxy groups -OCH3 is 1. The Hall–Kier alpha value is -3.73. The monoisotopic (exact) mass is 474 g/mol. The molecule has 0 fully saturated rings. The average molecular weight is 475 g/mol. The first-order valence-electron chi connectivity index (χ1n) is 8.47. The molecular formula is C19H15BrN4O6. The smallest absolute Gasteiger partial charge is 0.357 e. The van der Waals surface area contributed by atoms with Gasteiger partial charge in [0.25, 0.3) is 0 Å². The van der Waals surface area contributed by atoms with Gasteiger partial charge in [0, 0.05) is 12.4 Å². The van der Waals surface area contributed by atoms with Crippen LogP contribution >= 0.6 is 15.9 Å². The number of aromatic nitrogens is 3. The van der Waals surface area contributed by atoms with Gasteiger partial charge in [0.15, 0.2) is 11.5 Å². The molecule has 0 amide bonds. The molecule has 0 bridgehead atoms. The lowest BCUT2D eigenvalue weighted by Crippen LogP contribution is -2.25. The third-order valence-corrected chi connectivity index (χ3v) is 4.54. The predicted molar refractivity (Wildman–Crippen MR) is 113 cm³/mol. The lowest BCUT2D eigenvalue weighted by Gasteiger charge is -2.13. The van der Waals surface area contributed by atoms with Gasteiger partial charge in [0.2, 0.25) is 0 Å². The van der Waals surface area contributed by atoms with E-state index in [0.717, 1.165) is 5.56 Å². The summed E-state index contributed by atoms with van der Waals surface area (Å²) in [6, 6.07) is 7.01. The Morgan fingerprint density at radius 2 is 1.93 bits per heavy atom. The molecule has 0 saturated heterocycles. The van der Waals surface area contributed by atoms with Gasteiger partial charge < -0.3 is 14.5 Å². The maximum atomic E-state index is 11.7. The summed E-state index contributed by atoms with van der Waals surface area (Å²) >= 11 is 3.43. The first-order chi connectivity index (χ1) is 14.4. The zero-order chi connectivity index (χ0) is 21.7. The van der Waals surface area contributed by atoms with Gasteiger partial charge >= 0.3 is 16.9 Å². The van der Waals surface area contributed by atoms with Gasteiger partial charge in [-0.2, -0.15) is 0 Å². The van der Waals surface area contributed by atoms with E-state index in [1.807, 2.05) is 17.1 Å². The largest absolute Gasteiger partial charge is 0.493 e. The van der Waals surface area contributed by atoms with Gasteiger partial charge in [-0.25, -0.2) is 4.79 Å². The first kappa shape index (κ1) is 21.0. The second-order valence-electron chi connectivity index (χ2n) is 5.94. The fourth-order valence-electron chi connectivity index (χ4n) is 2.59. The highest BCUT2D eigenvalue weighted by Gasteiger charge is 2.19. The number of ether oxygens (including phenoxy) is 2. The minimum absolute atomic E-state index is 0.221. The molecule has 0 atom stereocenters. The molecule has 154 valence electrons. The van der Waals surface area contributed by atoms with Crippen molar-refractivity contribution in [1.29, 1.82) is 0 Å². The van der Waals surface area contributed by atoms with Crippen molar-refractivity contribution >= 4 is 33.8 Å². The van der Waals surface area contributed by atoms with E-state index >= 15 is 0 Å². The lowest BCUT2D eigenvalue weighted by atomic mass is 10.1. The van der Waals surface area contributed by atoms with E-state index in [4.69, 9.17) is 9.47 Å². The van der Waals surface area contributed by atoms with Crippen molar-refractivity contribution in [2.24, 2.45) is 0 Å². The van der Waals surface area contributed by atoms with Crippen LogP contribution in [0.3, 0.4) is 0 Å². The van der Waals surface area contributed by atoms with Crippen molar-refractivity contribution in [2.75, 3.05) is 7.11 Å². The summed E-state index contributed by atoms with van der Waals surface area (Å²) in [7, 11) is 1.48. The van der Waals surface area contributed by atoms with Crippen molar-refractivity contribution in [2.45, 2.75) is 6.61 Å². The Morgan fingerprint density at radius 1 is 1.20 bits per heavy atom. The maximum absolute atomic E-state index is 11.7. The SMILES string of the molecule is COc1cc(/C=C/c2[nH]c(=O)[nH]c(=O)c2[N+](=O)[O-])cc(Br)c1OCc1ccncc1.